The molecule has 0 saturated carbocycles. The van der Waals surface area contributed by atoms with Crippen LogP contribution in [0.2, 0.25) is 0 Å². The summed E-state index contributed by atoms with van der Waals surface area (Å²) in [5.41, 5.74) is 3.26. The summed E-state index contributed by atoms with van der Waals surface area (Å²) in [5.74, 6) is -0.549. The molecule has 4 nitrogen and oxygen atoms in total. The molecular weight excluding hydrogens is 361 g/mol. The summed E-state index contributed by atoms with van der Waals surface area (Å²) in [6, 6.07) is 15.6. The lowest BCUT2D eigenvalue weighted by Gasteiger charge is -2.16. The minimum absolute atomic E-state index is 0.201. The molecule has 4 rings (SSSR count). The minimum Gasteiger partial charge on any atom is -0.343 e. The third-order valence-corrected chi connectivity index (χ3v) is 5.09. The summed E-state index contributed by atoms with van der Waals surface area (Å²) in [4.78, 5) is 20.8. The maximum absolute atomic E-state index is 13.7. The molecule has 2 aromatic heterocycles. The number of hydrogen-bond acceptors (Lipinski definition) is 4. The Morgan fingerprint density at radius 2 is 2.00 bits per heavy atom. The first-order chi connectivity index (χ1) is 13.1. The van der Waals surface area contributed by atoms with Crippen LogP contribution in [0.15, 0.2) is 66.2 Å². The molecule has 0 aliphatic carbocycles. The molecule has 134 valence electrons. The Morgan fingerprint density at radius 3 is 2.81 bits per heavy atom. The van der Waals surface area contributed by atoms with E-state index in [1.807, 2.05) is 35.7 Å². The van der Waals surface area contributed by atoms with Crippen LogP contribution in [0.1, 0.15) is 23.5 Å². The second-order valence-corrected chi connectivity index (χ2v) is 7.07. The Morgan fingerprint density at radius 1 is 1.15 bits per heavy atom. The van der Waals surface area contributed by atoms with Crippen molar-refractivity contribution < 1.29 is 9.18 Å². The molecule has 27 heavy (non-hydrogen) atoms. The quantitative estimate of drug-likeness (QED) is 0.560. The number of halogens is 1. The molecule has 0 aliphatic rings. The van der Waals surface area contributed by atoms with Gasteiger partial charge in [0.25, 0.3) is 0 Å². The zero-order chi connectivity index (χ0) is 18.8. The Hall–Kier alpha value is -3.12. The highest BCUT2D eigenvalue weighted by Crippen LogP contribution is 2.30. The smallest absolute Gasteiger partial charge is 0.217 e. The number of hydrogen-bond donors (Lipinski definition) is 1. The van der Waals surface area contributed by atoms with Gasteiger partial charge in [0.1, 0.15) is 16.9 Å². The summed E-state index contributed by atoms with van der Waals surface area (Å²) < 4.78 is 13.7. The molecular formula is C21H16FN3OS. The number of carbonyl (C=O) groups excluding carboxylic acids is 1. The van der Waals surface area contributed by atoms with Crippen molar-refractivity contribution >= 4 is 28.1 Å². The van der Waals surface area contributed by atoms with E-state index in [4.69, 9.17) is 0 Å². The first kappa shape index (κ1) is 17.3. The van der Waals surface area contributed by atoms with Gasteiger partial charge >= 0.3 is 0 Å². The number of pyridine rings is 1. The number of para-hydroxylation sites is 1. The first-order valence-corrected chi connectivity index (χ1v) is 9.31. The molecule has 2 heterocycles. The van der Waals surface area contributed by atoms with Crippen LogP contribution in [-0.4, -0.2) is 15.9 Å². The fourth-order valence-corrected chi connectivity index (χ4v) is 3.84. The van der Waals surface area contributed by atoms with Crippen LogP contribution in [-0.2, 0) is 4.79 Å². The Kier molecular flexibility index (Phi) is 4.64. The highest BCUT2D eigenvalue weighted by atomic mass is 32.1. The highest BCUT2D eigenvalue weighted by molar-refractivity contribution is 7.10. The number of amides is 1. The molecule has 1 atom stereocenters. The average Bonchev–Trinajstić information content (AvgIpc) is 3.15. The number of thiazole rings is 1. The zero-order valence-corrected chi connectivity index (χ0v) is 15.3. The molecule has 1 amide bonds. The second-order valence-electron chi connectivity index (χ2n) is 6.18. The van der Waals surface area contributed by atoms with Gasteiger partial charge in [0.15, 0.2) is 0 Å². The van der Waals surface area contributed by atoms with Crippen molar-refractivity contribution in [2.75, 3.05) is 0 Å². The third-order valence-electron chi connectivity index (χ3n) is 4.18. The van der Waals surface area contributed by atoms with E-state index in [0.29, 0.717) is 10.6 Å². The van der Waals surface area contributed by atoms with Crippen LogP contribution >= 0.6 is 11.3 Å². The van der Waals surface area contributed by atoms with E-state index in [1.165, 1.54) is 30.4 Å². The fraction of sp³-hybridized carbons (Fsp3) is 0.0952. The predicted octanol–water partition coefficient (Wildman–Crippen LogP) is 4.72. The Labute approximate surface area is 159 Å². The highest BCUT2D eigenvalue weighted by Gasteiger charge is 2.20. The molecule has 0 radical (unpaired) electrons. The molecule has 0 aliphatic heterocycles. The van der Waals surface area contributed by atoms with Gasteiger partial charge in [-0.3, -0.25) is 9.78 Å². The summed E-state index contributed by atoms with van der Waals surface area (Å²) in [6.07, 6.45) is 1.79. The van der Waals surface area contributed by atoms with E-state index in [-0.39, 0.29) is 11.7 Å². The van der Waals surface area contributed by atoms with Crippen molar-refractivity contribution in [1.82, 2.24) is 15.3 Å². The largest absolute Gasteiger partial charge is 0.343 e. The topological polar surface area (TPSA) is 54.9 Å². The molecule has 1 unspecified atom stereocenters. The van der Waals surface area contributed by atoms with Crippen LogP contribution in [0, 0.1) is 5.82 Å². The van der Waals surface area contributed by atoms with E-state index in [9.17, 15) is 9.18 Å². The maximum atomic E-state index is 13.7. The number of nitrogens with zero attached hydrogens (tertiary/aromatic N) is 2. The normalized spacial score (nSPS) is 12.1. The number of aromatic nitrogens is 2. The Bertz CT molecular complexity index is 1130. The lowest BCUT2D eigenvalue weighted by molar-refractivity contribution is -0.119. The van der Waals surface area contributed by atoms with Crippen molar-refractivity contribution in [2.24, 2.45) is 0 Å². The van der Waals surface area contributed by atoms with E-state index < -0.39 is 6.04 Å². The van der Waals surface area contributed by atoms with Crippen molar-refractivity contribution in [3.05, 3.63) is 82.6 Å². The summed E-state index contributed by atoms with van der Waals surface area (Å²) in [5, 5.41) is 6.52. The van der Waals surface area contributed by atoms with Gasteiger partial charge < -0.3 is 5.32 Å². The van der Waals surface area contributed by atoms with Crippen molar-refractivity contribution in [2.45, 2.75) is 13.0 Å². The molecule has 0 fully saturated rings. The third kappa shape index (κ3) is 3.71. The van der Waals surface area contributed by atoms with E-state index >= 15 is 0 Å². The zero-order valence-electron chi connectivity index (χ0n) is 14.5. The second kappa shape index (κ2) is 7.25. The number of rotatable bonds is 4. The van der Waals surface area contributed by atoms with Crippen LogP contribution in [0.25, 0.3) is 22.2 Å². The number of nitrogens with one attached hydrogen (secondary N) is 1. The number of carbonyl (C=O) groups is 1. The van der Waals surface area contributed by atoms with Gasteiger partial charge in [0, 0.05) is 29.5 Å². The van der Waals surface area contributed by atoms with Gasteiger partial charge in [-0.2, -0.15) is 0 Å². The fourth-order valence-electron chi connectivity index (χ4n) is 2.94. The molecule has 2 aromatic carbocycles. The lowest BCUT2D eigenvalue weighted by atomic mass is 10.1. The van der Waals surface area contributed by atoms with Crippen molar-refractivity contribution in [3.63, 3.8) is 0 Å². The average molecular weight is 377 g/mol. The first-order valence-electron chi connectivity index (χ1n) is 8.43. The lowest BCUT2D eigenvalue weighted by Crippen LogP contribution is -2.26. The summed E-state index contributed by atoms with van der Waals surface area (Å²) in [6.45, 7) is 1.44. The van der Waals surface area contributed by atoms with Gasteiger partial charge in [-0.25, -0.2) is 9.37 Å². The van der Waals surface area contributed by atoms with E-state index in [1.54, 1.807) is 18.3 Å². The van der Waals surface area contributed by atoms with Gasteiger partial charge in [0.2, 0.25) is 5.91 Å². The molecule has 1 N–H and O–H groups in total. The minimum atomic E-state index is -0.495. The van der Waals surface area contributed by atoms with Gasteiger partial charge in [0.05, 0.1) is 11.2 Å². The number of benzene rings is 2. The maximum Gasteiger partial charge on any atom is 0.217 e. The van der Waals surface area contributed by atoms with E-state index in [2.05, 4.69) is 15.3 Å². The molecule has 0 bridgehead atoms. The molecule has 0 saturated heterocycles. The van der Waals surface area contributed by atoms with Crippen LogP contribution in [0.4, 0.5) is 4.39 Å². The molecule has 6 heteroatoms. The molecule has 4 aromatic rings. The van der Waals surface area contributed by atoms with E-state index in [0.717, 1.165) is 22.2 Å². The summed E-state index contributed by atoms with van der Waals surface area (Å²) in [7, 11) is 0. The summed E-state index contributed by atoms with van der Waals surface area (Å²) >= 11 is 1.42. The van der Waals surface area contributed by atoms with Crippen molar-refractivity contribution in [1.29, 1.82) is 0 Å². The van der Waals surface area contributed by atoms with Crippen LogP contribution in [0.5, 0.6) is 0 Å². The number of fused-ring (bicyclic) bond motifs is 1. The van der Waals surface area contributed by atoms with Crippen LogP contribution in [0.3, 0.4) is 0 Å². The standard InChI is InChI=1S/C21H16FN3OS/c1-13(26)24-20(15-6-4-7-17(22)10-15)21-25-19(12-27-21)16-9-14-5-2-3-8-18(14)23-11-16/h2-12,20H,1H3,(H,24,26). The van der Waals surface area contributed by atoms with Gasteiger partial charge in [-0.1, -0.05) is 30.3 Å². The Balaban J connectivity index is 1.72. The predicted molar refractivity (Wildman–Crippen MR) is 105 cm³/mol. The van der Waals surface area contributed by atoms with Crippen LogP contribution < -0.4 is 5.32 Å². The SMILES string of the molecule is CC(=O)NC(c1cccc(F)c1)c1nc(-c2cnc3ccccc3c2)cs1. The van der Waals surface area contributed by atoms with Crippen molar-refractivity contribution in [3.8, 4) is 11.3 Å². The monoisotopic (exact) mass is 377 g/mol. The van der Waals surface area contributed by atoms with Gasteiger partial charge in [-0.05, 0) is 29.8 Å². The van der Waals surface area contributed by atoms with Gasteiger partial charge in [-0.15, -0.1) is 11.3 Å². The molecule has 0 spiro atoms.